The Labute approximate surface area is 128 Å². The van der Waals surface area contributed by atoms with Crippen molar-refractivity contribution in [2.75, 3.05) is 19.6 Å². The van der Waals surface area contributed by atoms with Crippen LogP contribution in [0.25, 0.3) is 5.52 Å². The number of aromatic nitrogens is 1. The summed E-state index contributed by atoms with van der Waals surface area (Å²) in [4.78, 5) is 14.9. The van der Waals surface area contributed by atoms with Gasteiger partial charge >= 0.3 is 0 Å². The molecule has 3 saturated heterocycles. The van der Waals surface area contributed by atoms with Gasteiger partial charge < -0.3 is 14.6 Å². The zero-order valence-electron chi connectivity index (χ0n) is 11.8. The number of hydrogen-bond donors (Lipinski definition) is 1. The minimum absolute atomic E-state index is 0.0218. The third-order valence-electron chi connectivity index (χ3n) is 4.79. The zero-order valence-corrected chi connectivity index (χ0v) is 12.5. The van der Waals surface area contributed by atoms with Crippen molar-refractivity contribution in [2.45, 2.75) is 18.9 Å². The number of carbonyl (C=O) groups is 1. The molecule has 110 valence electrons. The van der Waals surface area contributed by atoms with Crippen LogP contribution in [-0.2, 0) is 0 Å². The largest absolute Gasteiger partial charge is 0.348 e. The van der Waals surface area contributed by atoms with Crippen molar-refractivity contribution in [3.63, 3.8) is 0 Å². The Morgan fingerprint density at radius 1 is 1.24 bits per heavy atom. The highest BCUT2D eigenvalue weighted by Crippen LogP contribution is 2.27. The lowest BCUT2D eigenvalue weighted by molar-refractivity contribution is 0.0620. The molecule has 5 heterocycles. The molecule has 21 heavy (non-hydrogen) atoms. The van der Waals surface area contributed by atoms with Crippen molar-refractivity contribution >= 4 is 23.0 Å². The summed E-state index contributed by atoms with van der Waals surface area (Å²) in [7, 11) is 0. The molecule has 0 spiro atoms. The highest BCUT2D eigenvalue weighted by molar-refractivity contribution is 6.30. The van der Waals surface area contributed by atoms with Crippen LogP contribution >= 0.6 is 11.6 Å². The summed E-state index contributed by atoms with van der Waals surface area (Å²) in [6, 6.07) is 5.97. The number of pyridine rings is 1. The maximum Gasteiger partial charge on any atom is 0.253 e. The van der Waals surface area contributed by atoms with Crippen LogP contribution in [0.15, 0.2) is 30.6 Å². The second-order valence-electron chi connectivity index (χ2n) is 6.13. The van der Waals surface area contributed by atoms with Crippen molar-refractivity contribution in [1.29, 1.82) is 0 Å². The summed E-state index contributed by atoms with van der Waals surface area (Å²) in [5.74, 6) is 0.666. The van der Waals surface area contributed by atoms with Crippen molar-refractivity contribution < 1.29 is 4.79 Å². The van der Waals surface area contributed by atoms with E-state index in [9.17, 15) is 4.79 Å². The third kappa shape index (κ3) is 2.43. The van der Waals surface area contributed by atoms with Gasteiger partial charge in [0.25, 0.3) is 5.91 Å². The van der Waals surface area contributed by atoms with Crippen molar-refractivity contribution in [3.8, 4) is 0 Å². The normalized spacial score (nSPS) is 28.0. The predicted octanol–water partition coefficient (Wildman–Crippen LogP) is 2.42. The Morgan fingerprint density at radius 3 is 2.76 bits per heavy atom. The minimum Gasteiger partial charge on any atom is -0.348 e. The molecule has 2 aromatic heterocycles. The van der Waals surface area contributed by atoms with Gasteiger partial charge in [0.15, 0.2) is 0 Å². The Kier molecular flexibility index (Phi) is 3.16. The Balaban J connectivity index is 1.53. The van der Waals surface area contributed by atoms with Gasteiger partial charge in [-0.1, -0.05) is 11.6 Å². The van der Waals surface area contributed by atoms with Crippen LogP contribution in [0.1, 0.15) is 23.2 Å². The maximum absolute atomic E-state index is 12.5. The van der Waals surface area contributed by atoms with Crippen LogP contribution in [0.2, 0.25) is 5.02 Å². The summed E-state index contributed by atoms with van der Waals surface area (Å²) in [6.45, 7) is 3.37. The lowest BCUT2D eigenvalue weighted by atomic mass is 9.84. The van der Waals surface area contributed by atoms with E-state index in [-0.39, 0.29) is 5.91 Å². The molecule has 0 aromatic carbocycles. The lowest BCUT2D eigenvalue weighted by Crippen LogP contribution is -2.57. The smallest absolute Gasteiger partial charge is 0.253 e. The van der Waals surface area contributed by atoms with E-state index in [1.165, 1.54) is 25.9 Å². The van der Waals surface area contributed by atoms with Crippen LogP contribution in [-0.4, -0.2) is 40.9 Å². The van der Waals surface area contributed by atoms with Crippen LogP contribution < -0.4 is 5.32 Å². The van der Waals surface area contributed by atoms with Crippen LogP contribution in [0.3, 0.4) is 0 Å². The fraction of sp³-hybridized carbons (Fsp3) is 0.438. The molecule has 0 saturated carbocycles. The summed E-state index contributed by atoms with van der Waals surface area (Å²) >= 11 is 5.98. The average Bonchev–Trinajstić information content (AvgIpc) is 2.91. The van der Waals surface area contributed by atoms with Crippen molar-refractivity contribution in [3.05, 3.63) is 41.2 Å². The van der Waals surface area contributed by atoms with Gasteiger partial charge in [-0.3, -0.25) is 4.79 Å². The molecule has 0 radical (unpaired) electrons. The van der Waals surface area contributed by atoms with E-state index < -0.39 is 0 Å². The lowest BCUT2D eigenvalue weighted by Gasteiger charge is -2.44. The summed E-state index contributed by atoms with van der Waals surface area (Å²) < 4.78 is 1.90. The number of halogens is 1. The van der Waals surface area contributed by atoms with E-state index in [4.69, 9.17) is 11.6 Å². The number of carbonyl (C=O) groups excluding carboxylic acids is 1. The molecule has 3 fully saturated rings. The molecule has 0 aliphatic carbocycles. The zero-order chi connectivity index (χ0) is 14.4. The molecule has 1 N–H and O–H groups in total. The second kappa shape index (κ2) is 5.04. The first kappa shape index (κ1) is 13.2. The molecule has 1 amide bonds. The van der Waals surface area contributed by atoms with Gasteiger partial charge in [0.1, 0.15) is 0 Å². The highest BCUT2D eigenvalue weighted by Gasteiger charge is 2.35. The SMILES string of the molecule is O=C(N[C@@H]1CN2CCC1CC2)c1cc2ccc(Cl)cn2c1. The Bertz CT molecular complexity index is 688. The molecule has 5 heteroatoms. The maximum atomic E-state index is 12.5. The number of nitrogens with zero attached hydrogens (tertiary/aromatic N) is 2. The van der Waals surface area contributed by atoms with Gasteiger partial charge in [-0.25, -0.2) is 0 Å². The fourth-order valence-corrected chi connectivity index (χ4v) is 3.76. The average molecular weight is 304 g/mol. The molecule has 4 nitrogen and oxygen atoms in total. The molecule has 1 atom stereocenters. The van der Waals surface area contributed by atoms with E-state index in [2.05, 4.69) is 10.2 Å². The van der Waals surface area contributed by atoms with E-state index in [0.29, 0.717) is 22.5 Å². The van der Waals surface area contributed by atoms with Gasteiger partial charge in [0, 0.05) is 30.5 Å². The quantitative estimate of drug-likeness (QED) is 0.925. The molecule has 2 bridgehead atoms. The van der Waals surface area contributed by atoms with Gasteiger partial charge in [-0.15, -0.1) is 0 Å². The standard InChI is InChI=1S/C16H18ClN3O/c17-13-1-2-14-7-12(8-20(14)9-13)16(21)18-15-10-19-5-3-11(15)4-6-19/h1-2,7-9,11,15H,3-6,10H2,(H,18,21)/t15-/m1/s1. The molecule has 3 aliphatic rings. The summed E-state index contributed by atoms with van der Waals surface area (Å²) in [5, 5.41) is 3.88. The van der Waals surface area contributed by atoms with E-state index in [0.717, 1.165) is 12.1 Å². The molecule has 2 aromatic rings. The minimum atomic E-state index is 0.0218. The second-order valence-corrected chi connectivity index (χ2v) is 6.56. The summed E-state index contributed by atoms with van der Waals surface area (Å²) in [5.41, 5.74) is 1.69. The highest BCUT2D eigenvalue weighted by atomic mass is 35.5. The fourth-order valence-electron chi connectivity index (χ4n) is 3.59. The van der Waals surface area contributed by atoms with Gasteiger partial charge in [0.05, 0.1) is 10.6 Å². The molecule has 3 aliphatic heterocycles. The van der Waals surface area contributed by atoms with Crippen molar-refractivity contribution in [2.24, 2.45) is 5.92 Å². The molecular formula is C16H18ClN3O. The Hall–Kier alpha value is -1.52. The van der Waals surface area contributed by atoms with Crippen LogP contribution in [0.5, 0.6) is 0 Å². The van der Waals surface area contributed by atoms with Gasteiger partial charge in [0.2, 0.25) is 0 Å². The first-order chi connectivity index (χ1) is 10.2. The number of hydrogen-bond acceptors (Lipinski definition) is 2. The molecule has 5 rings (SSSR count). The third-order valence-corrected chi connectivity index (χ3v) is 5.01. The van der Waals surface area contributed by atoms with Crippen LogP contribution in [0.4, 0.5) is 0 Å². The predicted molar refractivity (Wildman–Crippen MR) is 82.8 cm³/mol. The van der Waals surface area contributed by atoms with E-state index in [1.807, 2.05) is 35.0 Å². The Morgan fingerprint density at radius 2 is 2.05 bits per heavy atom. The molecule has 0 unspecified atom stereocenters. The van der Waals surface area contributed by atoms with Crippen LogP contribution in [0, 0.1) is 5.92 Å². The summed E-state index contributed by atoms with van der Waals surface area (Å²) in [6.07, 6.45) is 6.08. The first-order valence-corrected chi connectivity index (χ1v) is 7.87. The number of fused-ring (bicyclic) bond motifs is 4. The number of piperidine rings is 3. The number of rotatable bonds is 2. The number of amides is 1. The van der Waals surface area contributed by atoms with Crippen molar-refractivity contribution in [1.82, 2.24) is 14.6 Å². The molecular weight excluding hydrogens is 286 g/mol. The van der Waals surface area contributed by atoms with Gasteiger partial charge in [-0.05, 0) is 50.0 Å². The van der Waals surface area contributed by atoms with E-state index in [1.54, 1.807) is 0 Å². The topological polar surface area (TPSA) is 36.8 Å². The van der Waals surface area contributed by atoms with E-state index >= 15 is 0 Å². The number of nitrogens with one attached hydrogen (secondary N) is 1. The van der Waals surface area contributed by atoms with Gasteiger partial charge in [-0.2, -0.15) is 0 Å². The first-order valence-electron chi connectivity index (χ1n) is 7.49. The monoisotopic (exact) mass is 303 g/mol.